The first-order valence-electron chi connectivity index (χ1n) is 10.2. The fourth-order valence-corrected chi connectivity index (χ4v) is 5.18. The Morgan fingerprint density at radius 3 is 2.96 bits per heavy atom. The van der Waals surface area contributed by atoms with Gasteiger partial charge in [0.2, 0.25) is 0 Å². The number of benzene rings is 1. The largest absolute Gasteiger partial charge is 0.493 e. The van der Waals surface area contributed by atoms with Crippen molar-refractivity contribution in [3.63, 3.8) is 0 Å². The summed E-state index contributed by atoms with van der Waals surface area (Å²) >= 11 is 0. The van der Waals surface area contributed by atoms with Crippen molar-refractivity contribution in [1.82, 2.24) is 4.90 Å². The number of aliphatic hydroxyl groups is 2. The lowest BCUT2D eigenvalue weighted by molar-refractivity contribution is -0.102. The average molecular weight is 389 g/mol. The van der Waals surface area contributed by atoms with Crippen molar-refractivity contribution in [1.29, 1.82) is 0 Å². The Labute approximate surface area is 166 Å². The molecule has 28 heavy (non-hydrogen) atoms. The van der Waals surface area contributed by atoms with E-state index in [1.807, 2.05) is 19.1 Å². The highest BCUT2D eigenvalue weighted by atomic mass is 16.6. The standard InChI is InChI=1S/C22H31NO5/c1-4-27-18(25)8-11-23-12-10-22-9-7-16(24)13-21(22,2)28-20-17(26-3)6-5-15(14-23)19(20)22/h5-7,9,16,18,24-25H,4,8,10-14H2,1-3H3/t16?,18-,21+,22-/m1/s1. The number of hydrogen-bond donors (Lipinski definition) is 2. The van der Waals surface area contributed by atoms with Gasteiger partial charge in [-0.3, -0.25) is 4.90 Å². The molecular weight excluding hydrogens is 358 g/mol. The molecule has 0 amide bonds. The summed E-state index contributed by atoms with van der Waals surface area (Å²) < 4.78 is 17.4. The minimum atomic E-state index is -0.723. The van der Waals surface area contributed by atoms with Crippen molar-refractivity contribution in [2.24, 2.45) is 0 Å². The maximum atomic E-state index is 10.3. The van der Waals surface area contributed by atoms with Gasteiger partial charge in [0, 0.05) is 38.1 Å². The molecule has 3 aliphatic rings. The Morgan fingerprint density at radius 1 is 1.39 bits per heavy atom. The monoisotopic (exact) mass is 389 g/mol. The van der Waals surface area contributed by atoms with Gasteiger partial charge in [-0.15, -0.1) is 0 Å². The van der Waals surface area contributed by atoms with Crippen LogP contribution in [0.25, 0.3) is 0 Å². The van der Waals surface area contributed by atoms with Crippen LogP contribution >= 0.6 is 0 Å². The minimum Gasteiger partial charge on any atom is -0.493 e. The van der Waals surface area contributed by atoms with Crippen LogP contribution in [0.5, 0.6) is 11.5 Å². The summed E-state index contributed by atoms with van der Waals surface area (Å²) in [6.07, 6.45) is 4.89. The van der Waals surface area contributed by atoms with Crippen LogP contribution in [0, 0.1) is 0 Å². The predicted octanol–water partition coefficient (Wildman–Crippen LogP) is 2.36. The van der Waals surface area contributed by atoms with E-state index >= 15 is 0 Å². The Balaban J connectivity index is 1.70. The molecule has 0 radical (unpaired) electrons. The van der Waals surface area contributed by atoms with Crippen molar-refractivity contribution >= 4 is 0 Å². The van der Waals surface area contributed by atoms with Crippen LogP contribution < -0.4 is 9.47 Å². The second-order valence-corrected chi connectivity index (χ2v) is 8.29. The fourth-order valence-electron chi connectivity index (χ4n) is 5.18. The van der Waals surface area contributed by atoms with Gasteiger partial charge in [-0.2, -0.15) is 0 Å². The van der Waals surface area contributed by atoms with Crippen molar-refractivity contribution in [2.75, 3.05) is 26.8 Å². The minimum absolute atomic E-state index is 0.279. The second-order valence-electron chi connectivity index (χ2n) is 8.29. The Kier molecular flexibility index (Phi) is 5.16. The van der Waals surface area contributed by atoms with E-state index in [1.54, 1.807) is 7.11 Å². The van der Waals surface area contributed by atoms with Crippen LogP contribution in [0.15, 0.2) is 24.3 Å². The smallest absolute Gasteiger partial charge is 0.166 e. The molecule has 1 aromatic rings. The lowest BCUT2D eigenvalue weighted by Gasteiger charge is -2.44. The predicted molar refractivity (Wildman–Crippen MR) is 106 cm³/mol. The third-order valence-corrected chi connectivity index (χ3v) is 6.61. The zero-order valence-electron chi connectivity index (χ0n) is 17.0. The van der Waals surface area contributed by atoms with Gasteiger partial charge in [-0.25, -0.2) is 0 Å². The lowest BCUT2D eigenvalue weighted by atomic mass is 9.62. The summed E-state index contributed by atoms with van der Waals surface area (Å²) in [5.74, 6) is 1.56. The van der Waals surface area contributed by atoms with E-state index in [4.69, 9.17) is 14.2 Å². The molecule has 6 heteroatoms. The molecule has 154 valence electrons. The van der Waals surface area contributed by atoms with Crippen LogP contribution in [0.4, 0.5) is 0 Å². The average Bonchev–Trinajstić information content (AvgIpc) is 2.81. The quantitative estimate of drug-likeness (QED) is 0.575. The summed E-state index contributed by atoms with van der Waals surface area (Å²) in [7, 11) is 1.67. The van der Waals surface area contributed by atoms with E-state index in [9.17, 15) is 10.2 Å². The number of nitrogens with zero attached hydrogens (tertiary/aromatic N) is 1. The van der Waals surface area contributed by atoms with Crippen LogP contribution in [0.3, 0.4) is 0 Å². The third-order valence-electron chi connectivity index (χ3n) is 6.61. The molecule has 1 aliphatic carbocycles. The zero-order valence-corrected chi connectivity index (χ0v) is 17.0. The van der Waals surface area contributed by atoms with Gasteiger partial charge < -0.3 is 24.4 Å². The number of hydrogen-bond acceptors (Lipinski definition) is 6. The maximum absolute atomic E-state index is 10.3. The Hall–Kier alpha value is -1.60. The highest BCUT2D eigenvalue weighted by Crippen LogP contribution is 2.60. The maximum Gasteiger partial charge on any atom is 0.166 e. The molecule has 4 rings (SSSR count). The molecule has 0 bridgehead atoms. The van der Waals surface area contributed by atoms with E-state index in [0.29, 0.717) is 19.4 Å². The van der Waals surface area contributed by atoms with Crippen LogP contribution in [0.2, 0.25) is 0 Å². The van der Waals surface area contributed by atoms with Gasteiger partial charge in [0.05, 0.1) is 18.6 Å². The Morgan fingerprint density at radius 2 is 2.21 bits per heavy atom. The van der Waals surface area contributed by atoms with Crippen molar-refractivity contribution in [3.8, 4) is 11.5 Å². The summed E-state index contributed by atoms with van der Waals surface area (Å²) in [6, 6.07) is 4.10. The van der Waals surface area contributed by atoms with Gasteiger partial charge in [-0.05, 0) is 38.4 Å². The fraction of sp³-hybridized carbons (Fsp3) is 0.636. The van der Waals surface area contributed by atoms with Crippen molar-refractivity contribution < 1.29 is 24.4 Å². The van der Waals surface area contributed by atoms with Crippen LogP contribution in [0.1, 0.15) is 44.2 Å². The molecule has 0 saturated carbocycles. The van der Waals surface area contributed by atoms with E-state index in [1.165, 1.54) is 11.1 Å². The zero-order chi connectivity index (χ0) is 19.9. The topological polar surface area (TPSA) is 71.4 Å². The van der Waals surface area contributed by atoms with E-state index in [0.717, 1.165) is 37.6 Å². The highest BCUT2D eigenvalue weighted by Gasteiger charge is 2.60. The lowest BCUT2D eigenvalue weighted by Crippen LogP contribution is -2.53. The molecule has 0 aromatic heterocycles. The van der Waals surface area contributed by atoms with E-state index in [-0.39, 0.29) is 5.41 Å². The Bertz CT molecular complexity index is 766. The molecule has 2 heterocycles. The van der Waals surface area contributed by atoms with Crippen LogP contribution in [-0.2, 0) is 16.7 Å². The molecule has 1 spiro atoms. The number of aliphatic hydroxyl groups excluding tert-OH is 2. The van der Waals surface area contributed by atoms with E-state index in [2.05, 4.69) is 24.0 Å². The van der Waals surface area contributed by atoms with Crippen molar-refractivity contribution in [2.45, 2.75) is 63.1 Å². The number of rotatable bonds is 6. The van der Waals surface area contributed by atoms with Gasteiger partial charge in [0.1, 0.15) is 5.60 Å². The second kappa shape index (κ2) is 7.34. The molecule has 1 unspecified atom stereocenters. The molecule has 0 fully saturated rings. The summed E-state index contributed by atoms with van der Waals surface area (Å²) in [4.78, 5) is 2.37. The SMILES string of the molecule is CCO[C@@H](O)CCN1CC[C@@]23C=CC(O)C[C@]2(C)Oc2c(OC)ccc(c23)C1. The molecule has 2 N–H and O–H groups in total. The molecule has 1 aromatic carbocycles. The van der Waals surface area contributed by atoms with Gasteiger partial charge in [-0.1, -0.05) is 18.2 Å². The highest BCUT2D eigenvalue weighted by molar-refractivity contribution is 5.62. The molecule has 0 saturated heterocycles. The van der Waals surface area contributed by atoms with E-state index < -0.39 is 18.0 Å². The first-order chi connectivity index (χ1) is 13.4. The first kappa shape index (κ1) is 19.7. The summed E-state index contributed by atoms with van der Waals surface area (Å²) in [6.45, 7) is 6.96. The first-order valence-corrected chi connectivity index (χ1v) is 10.2. The normalized spacial score (nSPS) is 32.2. The molecule has 4 atom stereocenters. The van der Waals surface area contributed by atoms with Crippen LogP contribution in [-0.4, -0.2) is 59.9 Å². The number of methoxy groups -OCH3 is 1. The molecular formula is C22H31NO5. The molecule has 2 aliphatic heterocycles. The van der Waals surface area contributed by atoms with Crippen molar-refractivity contribution in [3.05, 3.63) is 35.4 Å². The van der Waals surface area contributed by atoms with Gasteiger partial charge in [0.15, 0.2) is 17.8 Å². The van der Waals surface area contributed by atoms with Gasteiger partial charge >= 0.3 is 0 Å². The summed E-state index contributed by atoms with van der Waals surface area (Å²) in [5, 5.41) is 20.2. The third kappa shape index (κ3) is 3.03. The van der Waals surface area contributed by atoms with Gasteiger partial charge in [0.25, 0.3) is 0 Å². The molecule has 6 nitrogen and oxygen atoms in total. The summed E-state index contributed by atoms with van der Waals surface area (Å²) in [5.41, 5.74) is 1.64. The number of ether oxygens (including phenoxy) is 3.